The maximum Gasteiger partial charge on any atom is 0.188 e. The minimum Gasteiger partial charge on any atom is -0.370 e. The first-order valence-electron chi connectivity index (χ1n) is 8.02. The van der Waals surface area contributed by atoms with Crippen LogP contribution < -0.4 is 11.1 Å². The predicted molar refractivity (Wildman–Crippen MR) is 78.3 cm³/mol. The average Bonchev–Trinajstić information content (AvgIpc) is 2.39. The highest BCUT2D eigenvalue weighted by Crippen LogP contribution is 2.39. The van der Waals surface area contributed by atoms with Crippen LogP contribution in [0.2, 0.25) is 0 Å². The molecule has 3 fully saturated rings. The van der Waals surface area contributed by atoms with Gasteiger partial charge in [0.05, 0.1) is 0 Å². The Bertz CT molecular complexity index is 314. The molecule has 2 aliphatic carbocycles. The maximum absolute atomic E-state index is 7.87. The lowest BCUT2D eigenvalue weighted by Crippen LogP contribution is -2.73. The van der Waals surface area contributed by atoms with Gasteiger partial charge in [-0.25, -0.2) is 0 Å². The van der Waals surface area contributed by atoms with Crippen molar-refractivity contribution < 1.29 is 0 Å². The quantitative estimate of drug-likeness (QED) is 0.464. The van der Waals surface area contributed by atoms with Crippen LogP contribution in [0.5, 0.6) is 0 Å². The van der Waals surface area contributed by atoms with Crippen LogP contribution in [0.15, 0.2) is 0 Å². The molecule has 108 valence electrons. The van der Waals surface area contributed by atoms with Gasteiger partial charge in [-0.2, -0.15) is 0 Å². The van der Waals surface area contributed by atoms with Crippen LogP contribution in [-0.4, -0.2) is 35.0 Å². The zero-order chi connectivity index (χ0) is 13.3. The number of piperazine rings is 1. The monoisotopic (exact) mass is 264 g/mol. The van der Waals surface area contributed by atoms with E-state index in [9.17, 15) is 0 Å². The Morgan fingerprint density at radius 2 is 1.26 bits per heavy atom. The summed E-state index contributed by atoms with van der Waals surface area (Å²) < 4.78 is 0. The van der Waals surface area contributed by atoms with Gasteiger partial charge in [0, 0.05) is 24.2 Å². The first-order chi connectivity index (χ1) is 9.13. The Morgan fingerprint density at radius 1 is 0.842 bits per heavy atom. The summed E-state index contributed by atoms with van der Waals surface area (Å²) >= 11 is 0. The lowest BCUT2D eigenvalue weighted by atomic mass is 9.72. The third-order valence-corrected chi connectivity index (χ3v) is 5.48. The maximum atomic E-state index is 7.87. The fraction of sp³-hybridized carbons (Fsp3) is 0.933. The summed E-state index contributed by atoms with van der Waals surface area (Å²) in [6, 6.07) is 0. The molecule has 4 heteroatoms. The van der Waals surface area contributed by atoms with Crippen molar-refractivity contribution in [3.63, 3.8) is 0 Å². The van der Waals surface area contributed by atoms with E-state index in [-0.39, 0.29) is 17.0 Å². The SMILES string of the molecule is N=C(N)N1CC2(CCCCC2)NC2(CCCCC2)C1. The van der Waals surface area contributed by atoms with Crippen LogP contribution in [0.3, 0.4) is 0 Å². The molecule has 1 heterocycles. The van der Waals surface area contributed by atoms with Crippen LogP contribution in [0.25, 0.3) is 0 Å². The molecule has 19 heavy (non-hydrogen) atoms. The lowest BCUT2D eigenvalue weighted by molar-refractivity contribution is 0.0349. The van der Waals surface area contributed by atoms with Gasteiger partial charge in [-0.1, -0.05) is 38.5 Å². The van der Waals surface area contributed by atoms with Gasteiger partial charge in [0.1, 0.15) is 0 Å². The second-order valence-electron chi connectivity index (χ2n) is 7.05. The molecular formula is C15H28N4. The minimum absolute atomic E-state index is 0.236. The van der Waals surface area contributed by atoms with Gasteiger partial charge < -0.3 is 16.0 Å². The Kier molecular flexibility index (Phi) is 3.46. The molecule has 2 saturated carbocycles. The molecule has 0 unspecified atom stereocenters. The van der Waals surface area contributed by atoms with E-state index >= 15 is 0 Å². The number of guanidine groups is 1. The Morgan fingerprint density at radius 3 is 1.63 bits per heavy atom. The van der Waals surface area contributed by atoms with Crippen LogP contribution in [-0.2, 0) is 0 Å². The molecule has 0 aromatic heterocycles. The van der Waals surface area contributed by atoms with E-state index in [1.54, 1.807) is 0 Å². The zero-order valence-corrected chi connectivity index (χ0v) is 12.0. The molecular weight excluding hydrogens is 236 g/mol. The number of nitrogens with zero attached hydrogens (tertiary/aromatic N) is 1. The normalized spacial score (nSPS) is 29.6. The van der Waals surface area contributed by atoms with E-state index in [2.05, 4.69) is 10.2 Å². The fourth-order valence-corrected chi connectivity index (χ4v) is 4.62. The van der Waals surface area contributed by atoms with Gasteiger partial charge in [-0.15, -0.1) is 0 Å². The van der Waals surface area contributed by atoms with Crippen molar-refractivity contribution in [2.45, 2.75) is 75.3 Å². The van der Waals surface area contributed by atoms with Crippen LogP contribution >= 0.6 is 0 Å². The highest BCUT2D eigenvalue weighted by atomic mass is 15.3. The highest BCUT2D eigenvalue weighted by Gasteiger charge is 2.47. The zero-order valence-electron chi connectivity index (χ0n) is 12.0. The van der Waals surface area contributed by atoms with Crippen molar-refractivity contribution in [3.05, 3.63) is 0 Å². The van der Waals surface area contributed by atoms with Gasteiger partial charge in [-0.3, -0.25) is 5.41 Å². The summed E-state index contributed by atoms with van der Waals surface area (Å²) in [4.78, 5) is 2.15. The number of hydrogen-bond donors (Lipinski definition) is 3. The summed E-state index contributed by atoms with van der Waals surface area (Å²) in [6.45, 7) is 1.90. The average molecular weight is 264 g/mol. The van der Waals surface area contributed by atoms with Crippen molar-refractivity contribution in [1.82, 2.24) is 10.2 Å². The third-order valence-electron chi connectivity index (χ3n) is 5.48. The molecule has 1 aliphatic heterocycles. The van der Waals surface area contributed by atoms with Gasteiger partial charge in [-0.05, 0) is 25.7 Å². The predicted octanol–water partition coefficient (Wildman–Crippen LogP) is 2.19. The fourth-order valence-electron chi connectivity index (χ4n) is 4.62. The van der Waals surface area contributed by atoms with Crippen molar-refractivity contribution >= 4 is 5.96 Å². The summed E-state index contributed by atoms with van der Waals surface area (Å²) in [5, 5.41) is 11.9. The molecule has 0 amide bonds. The van der Waals surface area contributed by atoms with E-state index in [1.165, 1.54) is 64.2 Å². The van der Waals surface area contributed by atoms with Crippen molar-refractivity contribution in [1.29, 1.82) is 5.41 Å². The van der Waals surface area contributed by atoms with Crippen LogP contribution in [0.1, 0.15) is 64.2 Å². The van der Waals surface area contributed by atoms with E-state index in [0.717, 1.165) is 13.1 Å². The molecule has 0 aromatic rings. The van der Waals surface area contributed by atoms with Crippen LogP contribution in [0, 0.1) is 5.41 Å². The van der Waals surface area contributed by atoms with Gasteiger partial charge in [0.2, 0.25) is 0 Å². The van der Waals surface area contributed by atoms with Crippen LogP contribution in [0.4, 0.5) is 0 Å². The molecule has 3 rings (SSSR count). The molecule has 4 nitrogen and oxygen atoms in total. The Labute approximate surface area is 116 Å². The number of nitrogens with two attached hydrogens (primary N) is 1. The Balaban J connectivity index is 1.83. The molecule has 0 aromatic carbocycles. The van der Waals surface area contributed by atoms with E-state index in [1.807, 2.05) is 0 Å². The number of hydrogen-bond acceptors (Lipinski definition) is 2. The first-order valence-corrected chi connectivity index (χ1v) is 8.02. The van der Waals surface area contributed by atoms with Crippen molar-refractivity contribution in [2.24, 2.45) is 5.73 Å². The molecule has 0 radical (unpaired) electrons. The molecule has 4 N–H and O–H groups in total. The molecule has 2 spiro atoms. The number of rotatable bonds is 0. The first kappa shape index (κ1) is 13.2. The van der Waals surface area contributed by atoms with E-state index in [4.69, 9.17) is 11.1 Å². The molecule has 3 aliphatic rings. The molecule has 1 saturated heterocycles. The van der Waals surface area contributed by atoms with E-state index in [0.29, 0.717) is 0 Å². The summed E-state index contributed by atoms with van der Waals surface area (Å²) in [7, 11) is 0. The van der Waals surface area contributed by atoms with Crippen molar-refractivity contribution in [2.75, 3.05) is 13.1 Å². The third kappa shape index (κ3) is 2.60. The largest absolute Gasteiger partial charge is 0.370 e. The van der Waals surface area contributed by atoms with Gasteiger partial charge in [0.25, 0.3) is 0 Å². The summed E-state index contributed by atoms with van der Waals surface area (Å²) in [5.74, 6) is 0.274. The topological polar surface area (TPSA) is 65.1 Å². The smallest absolute Gasteiger partial charge is 0.188 e. The van der Waals surface area contributed by atoms with Crippen molar-refractivity contribution in [3.8, 4) is 0 Å². The highest BCUT2D eigenvalue weighted by molar-refractivity contribution is 5.75. The van der Waals surface area contributed by atoms with Gasteiger partial charge >= 0.3 is 0 Å². The second kappa shape index (κ2) is 4.97. The molecule has 0 atom stereocenters. The summed E-state index contributed by atoms with van der Waals surface area (Å²) in [6.07, 6.45) is 13.1. The minimum atomic E-state index is 0.236. The Hall–Kier alpha value is -0.770. The second-order valence-corrected chi connectivity index (χ2v) is 7.05. The number of nitrogens with one attached hydrogen (secondary N) is 2. The summed E-state index contributed by atoms with van der Waals surface area (Å²) in [5.41, 5.74) is 6.30. The van der Waals surface area contributed by atoms with Gasteiger partial charge in [0.15, 0.2) is 5.96 Å². The lowest BCUT2D eigenvalue weighted by Gasteiger charge is -2.56. The standard InChI is InChI=1S/C15H28N4/c16-13(17)19-11-14(7-3-1-4-8-14)18-15(12-19)9-5-2-6-10-15/h18H,1-12H2,(H3,16,17). The molecule has 0 bridgehead atoms. The van der Waals surface area contributed by atoms with E-state index < -0.39 is 0 Å².